The van der Waals surface area contributed by atoms with Gasteiger partial charge in [0.25, 0.3) is 0 Å². The Balaban J connectivity index is 2.38. The van der Waals surface area contributed by atoms with Gasteiger partial charge in [0, 0.05) is 16.8 Å². The Bertz CT molecular complexity index is 483. The van der Waals surface area contributed by atoms with E-state index in [0.29, 0.717) is 6.54 Å². The van der Waals surface area contributed by atoms with Crippen molar-refractivity contribution in [2.24, 2.45) is 5.73 Å². The zero-order chi connectivity index (χ0) is 12.3. The highest BCUT2D eigenvalue weighted by Crippen LogP contribution is 2.24. The molecule has 0 fully saturated rings. The number of nitrogens with zero attached hydrogens (tertiary/aromatic N) is 1. The molecule has 0 spiro atoms. The smallest absolute Gasteiger partial charge is 0.0955 e. The number of H-pyrrole nitrogens is 1. The molecule has 1 aromatic heterocycles. The summed E-state index contributed by atoms with van der Waals surface area (Å²) in [6.45, 7) is 4.86. The molecule has 2 aromatic rings. The van der Waals surface area contributed by atoms with Crippen LogP contribution in [0.4, 0.5) is 0 Å². The number of nitrogens with two attached hydrogens (primary N) is 1. The highest BCUT2D eigenvalue weighted by atomic mass is 15.1. The molecule has 0 saturated heterocycles. The van der Waals surface area contributed by atoms with Gasteiger partial charge in [0.2, 0.25) is 0 Å². The fraction of sp³-hybridized carbons (Fsp3) is 0.357. The maximum absolute atomic E-state index is 5.64. The molecule has 0 atom stereocenters. The van der Waals surface area contributed by atoms with Crippen molar-refractivity contribution >= 4 is 0 Å². The summed E-state index contributed by atoms with van der Waals surface area (Å²) in [7, 11) is 0. The lowest BCUT2D eigenvalue weighted by Gasteiger charge is -2.03. The molecule has 0 aliphatic carbocycles. The van der Waals surface area contributed by atoms with Crippen molar-refractivity contribution in [3.05, 3.63) is 41.1 Å². The van der Waals surface area contributed by atoms with E-state index in [1.54, 1.807) is 0 Å². The summed E-state index contributed by atoms with van der Waals surface area (Å²) in [6.07, 6.45) is 1.93. The molecule has 0 bridgehead atoms. The second-order valence-electron chi connectivity index (χ2n) is 4.26. The predicted molar refractivity (Wildman–Crippen MR) is 70.9 cm³/mol. The molecule has 0 saturated carbocycles. The van der Waals surface area contributed by atoms with E-state index in [1.807, 2.05) is 6.92 Å². The van der Waals surface area contributed by atoms with Gasteiger partial charge >= 0.3 is 0 Å². The highest BCUT2D eigenvalue weighted by Gasteiger charge is 2.11. The van der Waals surface area contributed by atoms with Crippen LogP contribution in [0.2, 0.25) is 0 Å². The highest BCUT2D eigenvalue weighted by molar-refractivity contribution is 5.64. The van der Waals surface area contributed by atoms with Gasteiger partial charge in [-0.2, -0.15) is 5.10 Å². The van der Waals surface area contributed by atoms with E-state index in [9.17, 15) is 0 Å². The summed E-state index contributed by atoms with van der Waals surface area (Å²) in [6, 6.07) is 8.58. The van der Waals surface area contributed by atoms with Crippen LogP contribution in [0.3, 0.4) is 0 Å². The van der Waals surface area contributed by atoms with Crippen LogP contribution in [-0.4, -0.2) is 16.7 Å². The first-order valence-electron chi connectivity index (χ1n) is 6.09. The molecule has 1 aromatic carbocycles. The van der Waals surface area contributed by atoms with Gasteiger partial charge in [-0.15, -0.1) is 0 Å². The number of aromatic amines is 1. The Morgan fingerprint density at radius 2 is 1.94 bits per heavy atom. The number of rotatable bonds is 4. The standard InChI is InChI=1S/C14H19N3/c1-3-11-4-6-12(7-5-11)14-13(8-9-15)10(2)16-17-14/h4-7H,3,8-9,15H2,1-2H3,(H,16,17). The normalized spacial score (nSPS) is 10.8. The molecule has 0 radical (unpaired) electrons. The summed E-state index contributed by atoms with van der Waals surface area (Å²) in [4.78, 5) is 0. The van der Waals surface area contributed by atoms with E-state index in [-0.39, 0.29) is 0 Å². The Hall–Kier alpha value is -1.61. The van der Waals surface area contributed by atoms with Crippen molar-refractivity contribution in [1.82, 2.24) is 10.2 Å². The third-order valence-corrected chi connectivity index (χ3v) is 3.10. The Kier molecular flexibility index (Phi) is 3.59. The molecule has 0 aliphatic rings. The van der Waals surface area contributed by atoms with Crippen LogP contribution in [0.25, 0.3) is 11.3 Å². The van der Waals surface area contributed by atoms with Gasteiger partial charge in [0.15, 0.2) is 0 Å². The summed E-state index contributed by atoms with van der Waals surface area (Å²) in [5.74, 6) is 0. The van der Waals surface area contributed by atoms with Crippen LogP contribution >= 0.6 is 0 Å². The van der Waals surface area contributed by atoms with Gasteiger partial charge in [-0.3, -0.25) is 5.10 Å². The predicted octanol–water partition coefficient (Wildman–Crippen LogP) is 2.45. The van der Waals surface area contributed by atoms with Crippen molar-refractivity contribution in [2.75, 3.05) is 6.54 Å². The number of hydrogen-bond acceptors (Lipinski definition) is 2. The zero-order valence-electron chi connectivity index (χ0n) is 10.5. The van der Waals surface area contributed by atoms with Crippen molar-refractivity contribution in [1.29, 1.82) is 0 Å². The van der Waals surface area contributed by atoms with Crippen molar-refractivity contribution in [3.8, 4) is 11.3 Å². The van der Waals surface area contributed by atoms with Crippen LogP contribution in [0.15, 0.2) is 24.3 Å². The van der Waals surface area contributed by atoms with Crippen LogP contribution in [0, 0.1) is 6.92 Å². The van der Waals surface area contributed by atoms with Crippen molar-refractivity contribution in [3.63, 3.8) is 0 Å². The van der Waals surface area contributed by atoms with E-state index in [0.717, 1.165) is 29.8 Å². The lowest BCUT2D eigenvalue weighted by Crippen LogP contribution is -2.04. The molecule has 0 unspecified atom stereocenters. The molecule has 1 heterocycles. The summed E-state index contributed by atoms with van der Waals surface area (Å²) in [5.41, 5.74) is 11.5. The maximum atomic E-state index is 5.64. The molecule has 3 nitrogen and oxygen atoms in total. The summed E-state index contributed by atoms with van der Waals surface area (Å²) >= 11 is 0. The third-order valence-electron chi connectivity index (χ3n) is 3.10. The SMILES string of the molecule is CCc1ccc(-c2n[nH]c(C)c2CCN)cc1. The Morgan fingerprint density at radius 3 is 2.53 bits per heavy atom. The maximum Gasteiger partial charge on any atom is 0.0955 e. The molecule has 0 amide bonds. The van der Waals surface area contributed by atoms with Gasteiger partial charge in [0.1, 0.15) is 0 Å². The summed E-state index contributed by atoms with van der Waals surface area (Å²) in [5, 5.41) is 7.42. The lowest BCUT2D eigenvalue weighted by atomic mass is 10.0. The number of hydrogen-bond donors (Lipinski definition) is 2. The molecule has 0 aliphatic heterocycles. The van der Waals surface area contributed by atoms with E-state index in [1.165, 1.54) is 11.1 Å². The van der Waals surface area contributed by atoms with Crippen LogP contribution in [-0.2, 0) is 12.8 Å². The largest absolute Gasteiger partial charge is 0.330 e. The first-order chi connectivity index (χ1) is 8.26. The number of nitrogens with one attached hydrogen (secondary N) is 1. The average Bonchev–Trinajstić information content (AvgIpc) is 2.72. The number of aromatic nitrogens is 2. The second kappa shape index (κ2) is 5.15. The fourth-order valence-electron chi connectivity index (χ4n) is 2.04. The van der Waals surface area contributed by atoms with Crippen LogP contribution < -0.4 is 5.73 Å². The molecule has 17 heavy (non-hydrogen) atoms. The third kappa shape index (κ3) is 2.39. The van der Waals surface area contributed by atoms with Gasteiger partial charge in [-0.25, -0.2) is 0 Å². The quantitative estimate of drug-likeness (QED) is 0.846. The molecule has 3 N–H and O–H groups in total. The second-order valence-corrected chi connectivity index (χ2v) is 4.26. The van der Waals surface area contributed by atoms with E-state index >= 15 is 0 Å². The van der Waals surface area contributed by atoms with E-state index in [2.05, 4.69) is 41.4 Å². The lowest BCUT2D eigenvalue weighted by molar-refractivity contribution is 0.957. The Morgan fingerprint density at radius 1 is 1.24 bits per heavy atom. The van der Waals surface area contributed by atoms with Gasteiger partial charge in [-0.1, -0.05) is 31.2 Å². The first kappa shape index (κ1) is 11.9. The van der Waals surface area contributed by atoms with Crippen LogP contribution in [0.5, 0.6) is 0 Å². The molecule has 3 heteroatoms. The minimum absolute atomic E-state index is 0.653. The molecular weight excluding hydrogens is 210 g/mol. The minimum Gasteiger partial charge on any atom is -0.330 e. The molecule has 2 rings (SSSR count). The van der Waals surface area contributed by atoms with Crippen LogP contribution in [0.1, 0.15) is 23.7 Å². The van der Waals surface area contributed by atoms with E-state index in [4.69, 9.17) is 5.73 Å². The first-order valence-corrected chi connectivity index (χ1v) is 6.09. The minimum atomic E-state index is 0.653. The fourth-order valence-corrected chi connectivity index (χ4v) is 2.04. The average molecular weight is 229 g/mol. The zero-order valence-corrected chi connectivity index (χ0v) is 10.5. The molecular formula is C14H19N3. The van der Waals surface area contributed by atoms with E-state index < -0.39 is 0 Å². The topological polar surface area (TPSA) is 54.7 Å². The van der Waals surface area contributed by atoms with Crippen molar-refractivity contribution in [2.45, 2.75) is 26.7 Å². The van der Waals surface area contributed by atoms with Gasteiger partial charge in [0.05, 0.1) is 5.69 Å². The monoisotopic (exact) mass is 229 g/mol. The Labute approximate surface area is 102 Å². The van der Waals surface area contributed by atoms with Gasteiger partial charge in [-0.05, 0) is 31.9 Å². The molecule has 90 valence electrons. The van der Waals surface area contributed by atoms with Gasteiger partial charge < -0.3 is 5.73 Å². The van der Waals surface area contributed by atoms with Crippen molar-refractivity contribution < 1.29 is 0 Å². The summed E-state index contributed by atoms with van der Waals surface area (Å²) < 4.78 is 0. The number of aryl methyl sites for hydroxylation is 2. The number of benzene rings is 1.